The third-order valence-corrected chi connectivity index (χ3v) is 4.14. The lowest BCUT2D eigenvalue weighted by molar-refractivity contribution is -0.132. The van der Waals surface area contributed by atoms with E-state index in [4.69, 9.17) is 4.42 Å². The van der Waals surface area contributed by atoms with Crippen LogP contribution in [-0.2, 0) is 9.59 Å². The van der Waals surface area contributed by atoms with E-state index < -0.39 is 17.8 Å². The Labute approximate surface area is 133 Å². The number of amides is 4. The molecule has 1 aliphatic carbocycles. The lowest BCUT2D eigenvalue weighted by Crippen LogP contribution is -2.58. The quantitative estimate of drug-likeness (QED) is 0.687. The van der Waals surface area contributed by atoms with Gasteiger partial charge in [-0.15, -0.1) is 0 Å². The lowest BCUT2D eigenvalue weighted by atomic mass is 9.93. The molecule has 2 fully saturated rings. The number of furan rings is 1. The van der Waals surface area contributed by atoms with Crippen molar-refractivity contribution in [2.75, 3.05) is 0 Å². The van der Waals surface area contributed by atoms with Crippen molar-refractivity contribution >= 4 is 23.9 Å². The van der Waals surface area contributed by atoms with Crippen LogP contribution in [0.15, 0.2) is 40.5 Å². The average molecular weight is 314 g/mol. The first kappa shape index (κ1) is 15.3. The van der Waals surface area contributed by atoms with Crippen LogP contribution in [0.2, 0.25) is 0 Å². The van der Waals surface area contributed by atoms with Gasteiger partial charge in [-0.05, 0) is 37.1 Å². The van der Waals surface area contributed by atoms with Crippen molar-refractivity contribution < 1.29 is 18.8 Å². The Morgan fingerprint density at radius 1 is 1.17 bits per heavy atom. The van der Waals surface area contributed by atoms with Gasteiger partial charge in [-0.2, -0.15) is 0 Å². The van der Waals surface area contributed by atoms with Gasteiger partial charge < -0.3 is 4.42 Å². The molecule has 0 radical (unpaired) electrons. The molecule has 1 saturated carbocycles. The van der Waals surface area contributed by atoms with Crippen LogP contribution in [0.25, 0.3) is 6.08 Å². The summed E-state index contributed by atoms with van der Waals surface area (Å²) in [5.41, 5.74) is -0.0296. The first-order chi connectivity index (χ1) is 11.2. The summed E-state index contributed by atoms with van der Waals surface area (Å²) < 4.78 is 5.14. The van der Waals surface area contributed by atoms with Gasteiger partial charge in [0.15, 0.2) is 0 Å². The standard InChI is InChI=1S/C17H18N2O4/c20-15-14(10-4-8-13-9-5-11-23-13)16(21)19(17(22)18-15)12-6-2-1-3-7-12/h4-5,8-12H,1-3,6-7H2,(H,18,20,22). The highest BCUT2D eigenvalue weighted by atomic mass is 16.3. The van der Waals surface area contributed by atoms with E-state index in [1.54, 1.807) is 24.3 Å². The Balaban J connectivity index is 1.80. The van der Waals surface area contributed by atoms with Crippen LogP contribution in [0.5, 0.6) is 0 Å². The van der Waals surface area contributed by atoms with Crippen LogP contribution in [0.4, 0.5) is 4.79 Å². The molecule has 1 aromatic rings. The number of rotatable bonds is 3. The van der Waals surface area contributed by atoms with Gasteiger partial charge in [0.25, 0.3) is 11.8 Å². The molecule has 6 heteroatoms. The fourth-order valence-corrected chi connectivity index (χ4v) is 2.99. The van der Waals surface area contributed by atoms with Gasteiger partial charge in [-0.3, -0.25) is 19.8 Å². The number of imide groups is 2. The smallest absolute Gasteiger partial charge is 0.331 e. The number of carbonyl (C=O) groups excluding carboxylic acids is 3. The summed E-state index contributed by atoms with van der Waals surface area (Å²) in [6.07, 6.45) is 10.9. The number of carbonyl (C=O) groups is 3. The maximum atomic E-state index is 12.6. The Morgan fingerprint density at radius 3 is 2.65 bits per heavy atom. The molecule has 23 heavy (non-hydrogen) atoms. The van der Waals surface area contributed by atoms with Crippen LogP contribution in [-0.4, -0.2) is 28.8 Å². The van der Waals surface area contributed by atoms with E-state index in [2.05, 4.69) is 5.32 Å². The zero-order chi connectivity index (χ0) is 16.2. The summed E-state index contributed by atoms with van der Waals surface area (Å²) in [5, 5.41) is 2.25. The van der Waals surface area contributed by atoms with Gasteiger partial charge in [0.2, 0.25) is 0 Å². The second-order valence-electron chi connectivity index (χ2n) is 5.68. The highest BCUT2D eigenvalue weighted by Gasteiger charge is 2.39. The zero-order valence-electron chi connectivity index (χ0n) is 12.7. The number of allylic oxidation sites excluding steroid dienone is 2. The van der Waals surface area contributed by atoms with E-state index in [0.717, 1.165) is 32.1 Å². The van der Waals surface area contributed by atoms with Crippen molar-refractivity contribution in [3.8, 4) is 0 Å². The van der Waals surface area contributed by atoms with E-state index in [-0.39, 0.29) is 11.6 Å². The van der Waals surface area contributed by atoms with Gasteiger partial charge in [0, 0.05) is 6.04 Å². The molecule has 0 unspecified atom stereocenters. The van der Waals surface area contributed by atoms with Crippen LogP contribution < -0.4 is 5.32 Å². The van der Waals surface area contributed by atoms with Crippen LogP contribution in [0, 0.1) is 0 Å². The van der Waals surface area contributed by atoms with Gasteiger partial charge in [0.05, 0.1) is 6.26 Å². The van der Waals surface area contributed by atoms with Crippen LogP contribution in [0.3, 0.4) is 0 Å². The number of nitrogens with zero attached hydrogens (tertiary/aromatic N) is 1. The first-order valence-corrected chi connectivity index (χ1v) is 7.77. The molecule has 1 N–H and O–H groups in total. The topological polar surface area (TPSA) is 79.6 Å². The molecule has 3 rings (SSSR count). The molecular weight excluding hydrogens is 296 g/mol. The Bertz CT molecular complexity index is 667. The lowest BCUT2D eigenvalue weighted by Gasteiger charge is -2.35. The molecule has 1 aliphatic heterocycles. The molecule has 6 nitrogen and oxygen atoms in total. The first-order valence-electron chi connectivity index (χ1n) is 7.77. The van der Waals surface area contributed by atoms with Crippen LogP contribution in [0.1, 0.15) is 37.9 Å². The summed E-state index contributed by atoms with van der Waals surface area (Å²) >= 11 is 0. The Morgan fingerprint density at radius 2 is 1.96 bits per heavy atom. The minimum atomic E-state index is -0.656. The van der Waals surface area contributed by atoms with Crippen molar-refractivity contribution in [1.82, 2.24) is 10.2 Å². The number of barbiturate groups is 1. The van der Waals surface area contributed by atoms with Crippen molar-refractivity contribution in [1.29, 1.82) is 0 Å². The van der Waals surface area contributed by atoms with Crippen molar-refractivity contribution in [3.05, 3.63) is 41.9 Å². The zero-order valence-corrected chi connectivity index (χ0v) is 12.7. The maximum absolute atomic E-state index is 12.6. The minimum absolute atomic E-state index is 0.0296. The van der Waals surface area contributed by atoms with Gasteiger partial charge >= 0.3 is 6.03 Å². The number of hydrogen-bond acceptors (Lipinski definition) is 4. The van der Waals surface area contributed by atoms with E-state index in [1.807, 2.05) is 0 Å². The largest absolute Gasteiger partial charge is 0.465 e. The molecule has 1 saturated heterocycles. The van der Waals surface area contributed by atoms with Crippen molar-refractivity contribution in [2.24, 2.45) is 0 Å². The molecule has 0 spiro atoms. The second kappa shape index (κ2) is 6.64. The predicted octanol–water partition coefficient (Wildman–Crippen LogP) is 2.63. The normalized spacial score (nSPS) is 22.2. The Kier molecular flexibility index (Phi) is 4.41. The van der Waals surface area contributed by atoms with Crippen molar-refractivity contribution in [2.45, 2.75) is 38.1 Å². The summed E-state index contributed by atoms with van der Waals surface area (Å²) in [7, 11) is 0. The SMILES string of the molecule is O=C1NC(=O)N(C2CCCCC2)C(=O)C1=CC=Cc1ccco1. The summed E-state index contributed by atoms with van der Waals surface area (Å²) in [6, 6.07) is 2.77. The molecule has 120 valence electrons. The molecule has 2 aliphatic rings. The predicted molar refractivity (Wildman–Crippen MR) is 83.1 cm³/mol. The third kappa shape index (κ3) is 3.26. The van der Waals surface area contributed by atoms with E-state index in [9.17, 15) is 14.4 Å². The molecule has 1 aromatic heterocycles. The molecule has 0 atom stereocenters. The fourth-order valence-electron chi connectivity index (χ4n) is 2.99. The van der Waals surface area contributed by atoms with E-state index in [1.165, 1.54) is 17.2 Å². The monoisotopic (exact) mass is 314 g/mol. The van der Waals surface area contributed by atoms with Crippen LogP contribution >= 0.6 is 0 Å². The van der Waals surface area contributed by atoms with Gasteiger partial charge in [-0.1, -0.05) is 25.3 Å². The summed E-state index contributed by atoms with van der Waals surface area (Å²) in [4.78, 5) is 37.7. The fraction of sp³-hybridized carbons (Fsp3) is 0.353. The summed E-state index contributed by atoms with van der Waals surface area (Å²) in [5.74, 6) is -0.559. The third-order valence-electron chi connectivity index (χ3n) is 4.14. The molecule has 4 amide bonds. The number of hydrogen-bond donors (Lipinski definition) is 1. The van der Waals surface area contributed by atoms with E-state index >= 15 is 0 Å². The highest BCUT2D eigenvalue weighted by molar-refractivity contribution is 6.29. The molecule has 0 bridgehead atoms. The number of urea groups is 1. The highest BCUT2D eigenvalue weighted by Crippen LogP contribution is 2.25. The average Bonchev–Trinajstić information content (AvgIpc) is 3.04. The molecule has 2 heterocycles. The van der Waals surface area contributed by atoms with Gasteiger partial charge in [0.1, 0.15) is 11.3 Å². The summed E-state index contributed by atoms with van der Waals surface area (Å²) in [6.45, 7) is 0. The number of nitrogens with one attached hydrogen (secondary N) is 1. The molecular formula is C17H18N2O4. The molecule has 0 aromatic carbocycles. The van der Waals surface area contributed by atoms with Crippen molar-refractivity contribution in [3.63, 3.8) is 0 Å². The maximum Gasteiger partial charge on any atom is 0.331 e. The van der Waals surface area contributed by atoms with E-state index in [0.29, 0.717) is 5.76 Å². The second-order valence-corrected chi connectivity index (χ2v) is 5.68. The Hall–Kier alpha value is -2.63. The minimum Gasteiger partial charge on any atom is -0.465 e. The van der Waals surface area contributed by atoms with Gasteiger partial charge in [-0.25, -0.2) is 4.79 Å².